The highest BCUT2D eigenvalue weighted by Gasteiger charge is 2.04. The van der Waals surface area contributed by atoms with Crippen LogP contribution in [0.3, 0.4) is 0 Å². The van der Waals surface area contributed by atoms with Gasteiger partial charge < -0.3 is 15.8 Å². The number of rotatable bonds is 3. The van der Waals surface area contributed by atoms with Gasteiger partial charge in [0.2, 0.25) is 5.91 Å². The lowest BCUT2D eigenvalue weighted by atomic mass is 10.2. The molecule has 0 fully saturated rings. The summed E-state index contributed by atoms with van der Waals surface area (Å²) in [6.07, 6.45) is 3.04. The van der Waals surface area contributed by atoms with Crippen molar-refractivity contribution in [1.82, 2.24) is 5.32 Å². The Hall–Kier alpha value is -0.870. The van der Waals surface area contributed by atoms with Crippen LogP contribution < -0.4 is 11.1 Å². The van der Waals surface area contributed by atoms with Gasteiger partial charge in [0, 0.05) is 6.54 Å². The van der Waals surface area contributed by atoms with Crippen molar-refractivity contribution in [3.8, 4) is 0 Å². The van der Waals surface area contributed by atoms with Gasteiger partial charge in [-0.15, -0.1) is 0 Å². The highest BCUT2D eigenvalue weighted by molar-refractivity contribution is 5.77. The SMILES string of the molecule is NCC(=O)NCC1=CCCOC1. The van der Waals surface area contributed by atoms with Gasteiger partial charge in [0.05, 0.1) is 19.8 Å². The van der Waals surface area contributed by atoms with Crippen molar-refractivity contribution >= 4 is 5.91 Å². The van der Waals surface area contributed by atoms with E-state index in [-0.39, 0.29) is 12.5 Å². The van der Waals surface area contributed by atoms with Gasteiger partial charge in [0.1, 0.15) is 0 Å². The minimum Gasteiger partial charge on any atom is -0.377 e. The molecule has 4 nitrogen and oxygen atoms in total. The summed E-state index contributed by atoms with van der Waals surface area (Å²) in [7, 11) is 0. The summed E-state index contributed by atoms with van der Waals surface area (Å²) >= 11 is 0. The van der Waals surface area contributed by atoms with Crippen molar-refractivity contribution in [2.24, 2.45) is 5.73 Å². The topological polar surface area (TPSA) is 64.4 Å². The van der Waals surface area contributed by atoms with E-state index in [0.29, 0.717) is 13.2 Å². The summed E-state index contributed by atoms with van der Waals surface area (Å²) in [5, 5.41) is 2.69. The third-order valence-electron chi connectivity index (χ3n) is 1.68. The molecular formula is C8H14N2O2. The van der Waals surface area contributed by atoms with E-state index in [1.165, 1.54) is 0 Å². The molecule has 0 saturated heterocycles. The summed E-state index contributed by atoms with van der Waals surface area (Å²) in [6, 6.07) is 0. The van der Waals surface area contributed by atoms with Crippen LogP contribution in [0.2, 0.25) is 0 Å². The fourth-order valence-corrected chi connectivity index (χ4v) is 1.02. The van der Waals surface area contributed by atoms with Crippen molar-refractivity contribution in [3.05, 3.63) is 11.6 Å². The first-order valence-electron chi connectivity index (χ1n) is 4.05. The first-order valence-corrected chi connectivity index (χ1v) is 4.05. The van der Waals surface area contributed by atoms with Gasteiger partial charge in [-0.2, -0.15) is 0 Å². The maximum absolute atomic E-state index is 10.8. The van der Waals surface area contributed by atoms with Gasteiger partial charge in [-0.3, -0.25) is 4.79 Å². The Balaban J connectivity index is 2.21. The second-order valence-corrected chi connectivity index (χ2v) is 2.68. The van der Waals surface area contributed by atoms with Crippen LogP contribution in [0, 0.1) is 0 Å². The average molecular weight is 170 g/mol. The van der Waals surface area contributed by atoms with E-state index in [2.05, 4.69) is 11.4 Å². The number of hydrogen-bond acceptors (Lipinski definition) is 3. The van der Waals surface area contributed by atoms with Crippen LogP contribution >= 0.6 is 0 Å². The maximum atomic E-state index is 10.8. The van der Waals surface area contributed by atoms with Crippen LogP contribution in [0.25, 0.3) is 0 Å². The van der Waals surface area contributed by atoms with E-state index in [4.69, 9.17) is 10.5 Å². The Labute approximate surface area is 71.8 Å². The van der Waals surface area contributed by atoms with E-state index >= 15 is 0 Å². The molecule has 1 rings (SSSR count). The molecule has 12 heavy (non-hydrogen) atoms. The van der Waals surface area contributed by atoms with Crippen LogP contribution in [0.1, 0.15) is 6.42 Å². The van der Waals surface area contributed by atoms with E-state index in [1.807, 2.05) is 0 Å². The highest BCUT2D eigenvalue weighted by Crippen LogP contribution is 2.03. The molecule has 0 atom stereocenters. The number of amides is 1. The molecule has 1 aliphatic heterocycles. The monoisotopic (exact) mass is 170 g/mol. The largest absolute Gasteiger partial charge is 0.377 e. The lowest BCUT2D eigenvalue weighted by molar-refractivity contribution is -0.119. The fraction of sp³-hybridized carbons (Fsp3) is 0.625. The smallest absolute Gasteiger partial charge is 0.233 e. The van der Waals surface area contributed by atoms with Crippen LogP contribution in [-0.4, -0.2) is 32.2 Å². The minimum atomic E-state index is -0.124. The zero-order valence-electron chi connectivity index (χ0n) is 7.01. The van der Waals surface area contributed by atoms with Crippen LogP contribution in [-0.2, 0) is 9.53 Å². The molecule has 0 unspecified atom stereocenters. The van der Waals surface area contributed by atoms with E-state index in [9.17, 15) is 4.79 Å². The molecule has 1 heterocycles. The van der Waals surface area contributed by atoms with Crippen LogP contribution in [0.5, 0.6) is 0 Å². The molecule has 0 spiro atoms. The number of hydrogen-bond donors (Lipinski definition) is 2. The van der Waals surface area contributed by atoms with Gasteiger partial charge in [-0.05, 0) is 12.0 Å². The molecule has 3 N–H and O–H groups in total. The first-order chi connectivity index (χ1) is 5.83. The summed E-state index contributed by atoms with van der Waals surface area (Å²) in [4.78, 5) is 10.8. The second-order valence-electron chi connectivity index (χ2n) is 2.68. The van der Waals surface area contributed by atoms with Gasteiger partial charge in [-0.1, -0.05) is 6.08 Å². The lowest BCUT2D eigenvalue weighted by Crippen LogP contribution is -2.32. The predicted octanol–water partition coefficient (Wildman–Crippen LogP) is -0.592. The molecule has 0 saturated carbocycles. The molecule has 0 aromatic carbocycles. The van der Waals surface area contributed by atoms with Crippen molar-refractivity contribution in [1.29, 1.82) is 0 Å². The molecule has 4 heteroatoms. The van der Waals surface area contributed by atoms with Crippen molar-refractivity contribution in [3.63, 3.8) is 0 Å². The summed E-state index contributed by atoms with van der Waals surface area (Å²) in [5.74, 6) is -0.124. The molecule has 1 aliphatic rings. The Bertz CT molecular complexity index is 189. The fourth-order valence-electron chi connectivity index (χ4n) is 1.02. The zero-order valence-corrected chi connectivity index (χ0v) is 7.01. The molecule has 0 radical (unpaired) electrons. The summed E-state index contributed by atoms with van der Waals surface area (Å²) in [5.41, 5.74) is 6.25. The van der Waals surface area contributed by atoms with Crippen LogP contribution in [0.15, 0.2) is 11.6 Å². The van der Waals surface area contributed by atoms with Crippen molar-refractivity contribution in [2.75, 3.05) is 26.3 Å². The highest BCUT2D eigenvalue weighted by atomic mass is 16.5. The second kappa shape index (κ2) is 4.90. The maximum Gasteiger partial charge on any atom is 0.233 e. The quantitative estimate of drug-likeness (QED) is 0.556. The van der Waals surface area contributed by atoms with E-state index in [1.54, 1.807) is 0 Å². The molecule has 0 aliphatic carbocycles. The number of nitrogens with one attached hydrogen (secondary N) is 1. The summed E-state index contributed by atoms with van der Waals surface area (Å²) < 4.78 is 5.20. The molecular weight excluding hydrogens is 156 g/mol. The number of nitrogens with two attached hydrogens (primary N) is 1. The molecule has 0 aromatic rings. The average Bonchev–Trinajstić information content (AvgIpc) is 2.16. The molecule has 1 amide bonds. The predicted molar refractivity (Wildman–Crippen MR) is 45.6 cm³/mol. The Kier molecular flexibility index (Phi) is 3.76. The molecule has 0 bridgehead atoms. The van der Waals surface area contributed by atoms with Crippen LogP contribution in [0.4, 0.5) is 0 Å². The van der Waals surface area contributed by atoms with Gasteiger partial charge in [0.15, 0.2) is 0 Å². The Morgan fingerprint density at radius 3 is 3.17 bits per heavy atom. The van der Waals surface area contributed by atoms with Crippen molar-refractivity contribution < 1.29 is 9.53 Å². The minimum absolute atomic E-state index is 0.0497. The van der Waals surface area contributed by atoms with Gasteiger partial charge in [0.25, 0.3) is 0 Å². The van der Waals surface area contributed by atoms with E-state index in [0.717, 1.165) is 18.6 Å². The van der Waals surface area contributed by atoms with E-state index < -0.39 is 0 Å². The Morgan fingerprint density at radius 1 is 1.75 bits per heavy atom. The Morgan fingerprint density at radius 2 is 2.58 bits per heavy atom. The number of ether oxygens (including phenoxy) is 1. The zero-order chi connectivity index (χ0) is 8.81. The first kappa shape index (κ1) is 9.22. The lowest BCUT2D eigenvalue weighted by Gasteiger charge is -2.13. The normalized spacial score (nSPS) is 16.9. The third-order valence-corrected chi connectivity index (χ3v) is 1.68. The molecule has 0 aromatic heterocycles. The standard InChI is InChI=1S/C8H14N2O2/c9-4-8(11)10-5-7-2-1-3-12-6-7/h2H,1,3-6,9H2,(H,10,11). The van der Waals surface area contributed by atoms with Gasteiger partial charge >= 0.3 is 0 Å². The molecule has 68 valence electrons. The summed E-state index contributed by atoms with van der Waals surface area (Å²) in [6.45, 7) is 2.03. The third kappa shape index (κ3) is 3.02. The van der Waals surface area contributed by atoms with Crippen molar-refractivity contribution in [2.45, 2.75) is 6.42 Å². The van der Waals surface area contributed by atoms with Gasteiger partial charge in [-0.25, -0.2) is 0 Å². The number of carbonyl (C=O) groups is 1. The number of carbonyl (C=O) groups excluding carboxylic acids is 1.